The SMILES string of the molecule is Cc1ccc([C@@H](C)NC(=O)c2ccc(CN(C)S(=O)(=O)c3ccccc3)cc2)c(C)c1. The first kappa shape index (κ1) is 22.7. The van der Waals surface area contributed by atoms with Crippen molar-refractivity contribution >= 4 is 15.9 Å². The zero-order valence-corrected chi connectivity index (χ0v) is 19.1. The molecule has 1 amide bonds. The summed E-state index contributed by atoms with van der Waals surface area (Å²) in [6.45, 7) is 6.27. The lowest BCUT2D eigenvalue weighted by Gasteiger charge is -2.18. The van der Waals surface area contributed by atoms with Crippen LogP contribution in [0.5, 0.6) is 0 Å². The van der Waals surface area contributed by atoms with E-state index in [1.165, 1.54) is 9.87 Å². The van der Waals surface area contributed by atoms with Crippen molar-refractivity contribution in [2.45, 2.75) is 38.3 Å². The molecule has 0 bridgehead atoms. The molecule has 1 N–H and O–H groups in total. The standard InChI is InChI=1S/C25H28N2O3S/c1-18-10-15-24(19(2)16-18)20(3)26-25(28)22-13-11-21(12-14-22)17-27(4)31(29,30)23-8-6-5-7-9-23/h5-16,20H,17H2,1-4H3,(H,26,28)/t20-/m1/s1. The van der Waals surface area contributed by atoms with Gasteiger partial charge in [0.15, 0.2) is 0 Å². The maximum atomic E-state index is 12.7. The lowest BCUT2D eigenvalue weighted by molar-refractivity contribution is 0.0940. The van der Waals surface area contributed by atoms with Crippen molar-refractivity contribution in [2.24, 2.45) is 0 Å². The number of sulfonamides is 1. The van der Waals surface area contributed by atoms with E-state index in [0.29, 0.717) is 5.56 Å². The molecule has 31 heavy (non-hydrogen) atoms. The number of hydrogen-bond acceptors (Lipinski definition) is 3. The Hall–Kier alpha value is -2.96. The van der Waals surface area contributed by atoms with Gasteiger partial charge in [0.1, 0.15) is 0 Å². The van der Waals surface area contributed by atoms with E-state index in [0.717, 1.165) is 16.7 Å². The molecule has 1 atom stereocenters. The second-order valence-corrected chi connectivity index (χ2v) is 9.87. The number of hydrogen-bond donors (Lipinski definition) is 1. The zero-order valence-electron chi connectivity index (χ0n) is 18.3. The minimum Gasteiger partial charge on any atom is -0.346 e. The second-order valence-electron chi connectivity index (χ2n) is 7.83. The minimum atomic E-state index is -3.56. The molecule has 5 nitrogen and oxygen atoms in total. The van der Waals surface area contributed by atoms with Gasteiger partial charge in [0, 0.05) is 19.2 Å². The van der Waals surface area contributed by atoms with Gasteiger partial charge in [-0.1, -0.05) is 54.1 Å². The van der Waals surface area contributed by atoms with Crippen LogP contribution < -0.4 is 5.32 Å². The Morgan fingerprint density at radius 1 is 0.968 bits per heavy atom. The largest absolute Gasteiger partial charge is 0.346 e. The Labute approximate surface area is 184 Å². The van der Waals surface area contributed by atoms with Crippen molar-refractivity contribution in [1.82, 2.24) is 9.62 Å². The fraction of sp³-hybridized carbons (Fsp3) is 0.240. The first-order chi connectivity index (χ1) is 14.7. The van der Waals surface area contributed by atoms with Gasteiger partial charge in [0.2, 0.25) is 10.0 Å². The highest BCUT2D eigenvalue weighted by atomic mass is 32.2. The molecule has 0 heterocycles. The first-order valence-corrected chi connectivity index (χ1v) is 11.6. The number of carbonyl (C=O) groups excluding carboxylic acids is 1. The van der Waals surface area contributed by atoms with Crippen LogP contribution in [0, 0.1) is 13.8 Å². The average Bonchev–Trinajstić information content (AvgIpc) is 2.74. The lowest BCUT2D eigenvalue weighted by atomic mass is 10.00. The van der Waals surface area contributed by atoms with E-state index in [9.17, 15) is 13.2 Å². The number of rotatable bonds is 7. The van der Waals surface area contributed by atoms with E-state index < -0.39 is 10.0 Å². The summed E-state index contributed by atoms with van der Waals surface area (Å²) in [6, 6.07) is 21.4. The highest BCUT2D eigenvalue weighted by molar-refractivity contribution is 7.89. The molecule has 3 rings (SSSR count). The third-order valence-electron chi connectivity index (χ3n) is 5.31. The second kappa shape index (κ2) is 9.45. The molecule has 0 aromatic heterocycles. The topological polar surface area (TPSA) is 66.5 Å². The van der Waals surface area contributed by atoms with Crippen LogP contribution in [-0.4, -0.2) is 25.7 Å². The number of amides is 1. The quantitative estimate of drug-likeness (QED) is 0.588. The smallest absolute Gasteiger partial charge is 0.251 e. The zero-order chi connectivity index (χ0) is 22.6. The van der Waals surface area contributed by atoms with Crippen molar-refractivity contribution in [1.29, 1.82) is 0 Å². The van der Waals surface area contributed by atoms with Crippen molar-refractivity contribution in [3.8, 4) is 0 Å². The summed E-state index contributed by atoms with van der Waals surface area (Å²) in [5.41, 5.74) is 4.76. The monoisotopic (exact) mass is 436 g/mol. The predicted molar refractivity (Wildman–Crippen MR) is 123 cm³/mol. The molecule has 0 spiro atoms. The van der Waals surface area contributed by atoms with E-state index in [1.807, 2.05) is 32.9 Å². The van der Waals surface area contributed by atoms with E-state index in [2.05, 4.69) is 11.4 Å². The molecular formula is C25H28N2O3S. The van der Waals surface area contributed by atoms with Crippen LogP contribution >= 0.6 is 0 Å². The third-order valence-corrected chi connectivity index (χ3v) is 7.13. The molecule has 0 saturated carbocycles. The molecular weight excluding hydrogens is 408 g/mol. The summed E-state index contributed by atoms with van der Waals surface area (Å²) in [4.78, 5) is 12.9. The van der Waals surface area contributed by atoms with Gasteiger partial charge in [-0.15, -0.1) is 0 Å². The summed E-state index contributed by atoms with van der Waals surface area (Å²) < 4.78 is 26.7. The number of nitrogens with one attached hydrogen (secondary N) is 1. The normalized spacial score (nSPS) is 12.5. The van der Waals surface area contributed by atoms with Crippen LogP contribution in [0.4, 0.5) is 0 Å². The molecule has 0 aliphatic rings. The molecule has 0 aliphatic heterocycles. The molecule has 0 fully saturated rings. The van der Waals surface area contributed by atoms with Gasteiger partial charge in [-0.05, 0) is 61.7 Å². The molecule has 0 radical (unpaired) electrons. The first-order valence-electron chi connectivity index (χ1n) is 10.2. The Bertz CT molecular complexity index is 1160. The Morgan fingerprint density at radius 2 is 1.61 bits per heavy atom. The van der Waals surface area contributed by atoms with E-state index in [-0.39, 0.29) is 23.4 Å². The third kappa shape index (κ3) is 5.40. The summed E-state index contributed by atoms with van der Waals surface area (Å²) in [5.74, 6) is -0.163. The highest BCUT2D eigenvalue weighted by Gasteiger charge is 2.20. The van der Waals surface area contributed by atoms with Gasteiger partial charge >= 0.3 is 0 Å². The van der Waals surface area contributed by atoms with Crippen LogP contribution in [-0.2, 0) is 16.6 Å². The average molecular weight is 437 g/mol. The van der Waals surface area contributed by atoms with E-state index in [4.69, 9.17) is 0 Å². The molecule has 0 aliphatic carbocycles. The number of carbonyl (C=O) groups is 1. The fourth-order valence-corrected chi connectivity index (χ4v) is 4.73. The maximum Gasteiger partial charge on any atom is 0.251 e. The van der Waals surface area contributed by atoms with Crippen LogP contribution in [0.25, 0.3) is 0 Å². The fourth-order valence-electron chi connectivity index (χ4n) is 3.55. The number of aryl methyl sites for hydroxylation is 2. The van der Waals surface area contributed by atoms with Gasteiger partial charge in [-0.2, -0.15) is 4.31 Å². The lowest BCUT2D eigenvalue weighted by Crippen LogP contribution is -2.27. The summed E-state index contributed by atoms with van der Waals surface area (Å²) >= 11 is 0. The minimum absolute atomic E-state index is 0.116. The molecule has 3 aromatic carbocycles. The van der Waals surface area contributed by atoms with Crippen LogP contribution in [0.3, 0.4) is 0 Å². The molecule has 0 unspecified atom stereocenters. The van der Waals surface area contributed by atoms with Gasteiger partial charge in [-0.3, -0.25) is 4.79 Å². The summed E-state index contributed by atoms with van der Waals surface area (Å²) in [6.07, 6.45) is 0. The van der Waals surface area contributed by atoms with Crippen LogP contribution in [0.2, 0.25) is 0 Å². The van der Waals surface area contributed by atoms with Crippen molar-refractivity contribution < 1.29 is 13.2 Å². The predicted octanol–water partition coefficient (Wildman–Crippen LogP) is 4.62. The Morgan fingerprint density at radius 3 is 2.23 bits per heavy atom. The van der Waals surface area contributed by atoms with E-state index >= 15 is 0 Å². The summed E-state index contributed by atoms with van der Waals surface area (Å²) in [5, 5.41) is 3.03. The van der Waals surface area contributed by atoms with Crippen molar-refractivity contribution in [3.63, 3.8) is 0 Å². The number of benzene rings is 3. The molecule has 3 aromatic rings. The highest BCUT2D eigenvalue weighted by Crippen LogP contribution is 2.20. The van der Waals surface area contributed by atoms with E-state index in [1.54, 1.807) is 61.6 Å². The maximum absolute atomic E-state index is 12.7. The van der Waals surface area contributed by atoms with Crippen LogP contribution in [0.15, 0.2) is 77.7 Å². The summed E-state index contributed by atoms with van der Waals surface area (Å²) in [7, 11) is -2.01. The van der Waals surface area contributed by atoms with Gasteiger partial charge in [0.25, 0.3) is 5.91 Å². The Balaban J connectivity index is 1.66. The van der Waals surface area contributed by atoms with Crippen molar-refractivity contribution in [3.05, 3.63) is 101 Å². The van der Waals surface area contributed by atoms with Gasteiger partial charge in [-0.25, -0.2) is 8.42 Å². The number of nitrogens with zero attached hydrogens (tertiary/aromatic N) is 1. The molecule has 162 valence electrons. The Kier molecular flexibility index (Phi) is 6.93. The molecule has 6 heteroatoms. The van der Waals surface area contributed by atoms with Gasteiger partial charge < -0.3 is 5.32 Å². The molecule has 0 saturated heterocycles. The van der Waals surface area contributed by atoms with Crippen molar-refractivity contribution in [2.75, 3.05) is 7.05 Å². The van der Waals surface area contributed by atoms with Crippen LogP contribution in [0.1, 0.15) is 45.6 Å². The van der Waals surface area contributed by atoms with Gasteiger partial charge in [0.05, 0.1) is 10.9 Å².